The van der Waals surface area contributed by atoms with Crippen LogP contribution in [-0.2, 0) is 0 Å². The molecule has 102 valence electrons. The average molecular weight is 263 g/mol. The third-order valence-corrected chi connectivity index (χ3v) is 5.27. The van der Waals surface area contributed by atoms with Gasteiger partial charge in [0.2, 0.25) is 0 Å². The minimum Gasteiger partial charge on any atom is -0.303 e. The Bertz CT molecular complexity index is 604. The lowest BCUT2D eigenvalue weighted by Crippen LogP contribution is -2.34. The molecular weight excluding hydrogens is 242 g/mol. The highest BCUT2D eigenvalue weighted by Crippen LogP contribution is 2.47. The number of benzene rings is 2. The number of likely N-dealkylation sites (N-methyl/N-ethyl adjacent to an activating group) is 1. The molecule has 1 aliphatic carbocycles. The topological polar surface area (TPSA) is 3.24 Å². The standard InChI is InChI=1S/C19H21N/c1-20-12-11-17-15-9-5-6-10-16(15)18(13-19(17)20)14-7-3-2-4-8-14/h2-10,17-19H,11-13H2,1H3/t17-,18?,19?/m1/s1. The summed E-state index contributed by atoms with van der Waals surface area (Å²) < 4.78 is 0. The van der Waals surface area contributed by atoms with Gasteiger partial charge in [0.15, 0.2) is 0 Å². The summed E-state index contributed by atoms with van der Waals surface area (Å²) in [4.78, 5) is 2.57. The van der Waals surface area contributed by atoms with E-state index in [0.29, 0.717) is 5.92 Å². The Kier molecular flexibility index (Phi) is 2.89. The molecule has 1 heteroatoms. The van der Waals surface area contributed by atoms with Crippen molar-refractivity contribution in [3.63, 3.8) is 0 Å². The van der Waals surface area contributed by atoms with E-state index in [-0.39, 0.29) is 0 Å². The van der Waals surface area contributed by atoms with Gasteiger partial charge in [-0.05, 0) is 43.1 Å². The molecule has 0 aromatic heterocycles. The summed E-state index contributed by atoms with van der Waals surface area (Å²) in [6, 6.07) is 20.9. The van der Waals surface area contributed by atoms with Crippen molar-refractivity contribution in [3.05, 3.63) is 71.3 Å². The Hall–Kier alpha value is -1.60. The van der Waals surface area contributed by atoms with E-state index >= 15 is 0 Å². The lowest BCUT2D eigenvalue weighted by atomic mass is 9.71. The van der Waals surface area contributed by atoms with Gasteiger partial charge in [-0.1, -0.05) is 54.6 Å². The van der Waals surface area contributed by atoms with E-state index in [1.165, 1.54) is 24.9 Å². The molecule has 1 heterocycles. The number of likely N-dealkylation sites (tertiary alicyclic amines) is 1. The van der Waals surface area contributed by atoms with Crippen LogP contribution in [0.2, 0.25) is 0 Å². The van der Waals surface area contributed by atoms with Crippen LogP contribution in [0.15, 0.2) is 54.6 Å². The molecule has 0 radical (unpaired) electrons. The largest absolute Gasteiger partial charge is 0.303 e. The van der Waals surface area contributed by atoms with Gasteiger partial charge in [-0.25, -0.2) is 0 Å². The number of nitrogens with zero attached hydrogens (tertiary/aromatic N) is 1. The molecule has 4 rings (SSSR count). The van der Waals surface area contributed by atoms with Gasteiger partial charge in [0.1, 0.15) is 0 Å². The van der Waals surface area contributed by atoms with Crippen LogP contribution in [0, 0.1) is 0 Å². The van der Waals surface area contributed by atoms with Gasteiger partial charge >= 0.3 is 0 Å². The highest BCUT2D eigenvalue weighted by Gasteiger charge is 2.40. The maximum Gasteiger partial charge on any atom is 0.0170 e. The highest BCUT2D eigenvalue weighted by molar-refractivity contribution is 5.44. The van der Waals surface area contributed by atoms with Crippen molar-refractivity contribution in [1.29, 1.82) is 0 Å². The van der Waals surface area contributed by atoms with Crippen molar-refractivity contribution in [2.24, 2.45) is 0 Å². The van der Waals surface area contributed by atoms with E-state index in [1.54, 1.807) is 11.1 Å². The third-order valence-electron chi connectivity index (χ3n) is 5.27. The van der Waals surface area contributed by atoms with Crippen LogP contribution in [0.5, 0.6) is 0 Å². The molecule has 0 amide bonds. The summed E-state index contributed by atoms with van der Waals surface area (Å²) >= 11 is 0. The second-order valence-corrected chi connectivity index (χ2v) is 6.27. The molecule has 0 saturated carbocycles. The van der Waals surface area contributed by atoms with Crippen LogP contribution in [0.25, 0.3) is 0 Å². The molecule has 2 aromatic rings. The van der Waals surface area contributed by atoms with E-state index in [0.717, 1.165) is 12.0 Å². The summed E-state index contributed by atoms with van der Waals surface area (Å²) in [5.74, 6) is 1.31. The van der Waals surface area contributed by atoms with Gasteiger partial charge in [0.05, 0.1) is 0 Å². The van der Waals surface area contributed by atoms with E-state index < -0.39 is 0 Å². The minimum atomic E-state index is 0.564. The molecule has 1 nitrogen and oxygen atoms in total. The maximum atomic E-state index is 2.57. The minimum absolute atomic E-state index is 0.564. The first-order chi connectivity index (χ1) is 9.84. The van der Waals surface area contributed by atoms with Crippen molar-refractivity contribution in [2.75, 3.05) is 13.6 Å². The molecule has 20 heavy (non-hydrogen) atoms. The van der Waals surface area contributed by atoms with Crippen LogP contribution >= 0.6 is 0 Å². The fourth-order valence-electron chi connectivity index (χ4n) is 4.25. The molecule has 0 bridgehead atoms. The lowest BCUT2D eigenvalue weighted by molar-refractivity contribution is 0.265. The van der Waals surface area contributed by atoms with E-state index in [4.69, 9.17) is 0 Å². The molecule has 1 aliphatic heterocycles. The van der Waals surface area contributed by atoms with E-state index in [9.17, 15) is 0 Å². The molecule has 2 aliphatic rings. The zero-order valence-corrected chi connectivity index (χ0v) is 12.0. The Morgan fingerprint density at radius 2 is 1.60 bits per heavy atom. The second-order valence-electron chi connectivity index (χ2n) is 6.27. The predicted molar refractivity (Wildman–Crippen MR) is 83.1 cm³/mol. The van der Waals surface area contributed by atoms with Gasteiger partial charge in [-0.2, -0.15) is 0 Å². The normalized spacial score (nSPS) is 28.9. The molecule has 1 fully saturated rings. The summed E-state index contributed by atoms with van der Waals surface area (Å²) in [5, 5.41) is 0. The van der Waals surface area contributed by atoms with Gasteiger partial charge in [-0.15, -0.1) is 0 Å². The number of rotatable bonds is 1. The van der Waals surface area contributed by atoms with Crippen molar-refractivity contribution < 1.29 is 0 Å². The quantitative estimate of drug-likeness (QED) is 0.751. The Morgan fingerprint density at radius 1 is 0.900 bits per heavy atom. The number of fused-ring (bicyclic) bond motifs is 3. The van der Waals surface area contributed by atoms with Crippen LogP contribution < -0.4 is 0 Å². The highest BCUT2D eigenvalue weighted by atomic mass is 15.2. The molecule has 2 unspecified atom stereocenters. The smallest absolute Gasteiger partial charge is 0.0170 e. The van der Waals surface area contributed by atoms with Crippen LogP contribution in [0.3, 0.4) is 0 Å². The number of hydrogen-bond donors (Lipinski definition) is 0. The summed E-state index contributed by atoms with van der Waals surface area (Å²) in [6.45, 7) is 1.24. The molecule has 0 spiro atoms. The zero-order chi connectivity index (χ0) is 13.5. The Labute approximate surface area is 121 Å². The fraction of sp³-hybridized carbons (Fsp3) is 0.368. The predicted octanol–water partition coefficient (Wildman–Crippen LogP) is 4.01. The van der Waals surface area contributed by atoms with Gasteiger partial charge in [0, 0.05) is 17.9 Å². The van der Waals surface area contributed by atoms with Crippen molar-refractivity contribution in [1.82, 2.24) is 4.90 Å². The third kappa shape index (κ3) is 1.81. The first kappa shape index (κ1) is 12.2. The van der Waals surface area contributed by atoms with Crippen molar-refractivity contribution in [3.8, 4) is 0 Å². The zero-order valence-electron chi connectivity index (χ0n) is 12.0. The summed E-state index contributed by atoms with van der Waals surface area (Å²) in [7, 11) is 2.29. The molecular formula is C19H21N. The van der Waals surface area contributed by atoms with E-state index in [1.807, 2.05) is 0 Å². The van der Waals surface area contributed by atoms with Gasteiger partial charge in [0.25, 0.3) is 0 Å². The first-order valence-electron chi connectivity index (χ1n) is 7.68. The SMILES string of the molecule is CN1CC[C@@H]2c3ccccc3C(c3ccccc3)CC21. The van der Waals surface area contributed by atoms with Crippen LogP contribution in [-0.4, -0.2) is 24.5 Å². The monoisotopic (exact) mass is 263 g/mol. The van der Waals surface area contributed by atoms with Crippen LogP contribution in [0.4, 0.5) is 0 Å². The van der Waals surface area contributed by atoms with Gasteiger partial charge in [-0.3, -0.25) is 0 Å². The van der Waals surface area contributed by atoms with Gasteiger partial charge < -0.3 is 4.90 Å². The Morgan fingerprint density at radius 3 is 2.40 bits per heavy atom. The lowest BCUT2D eigenvalue weighted by Gasteiger charge is -2.37. The molecule has 2 aromatic carbocycles. The number of hydrogen-bond acceptors (Lipinski definition) is 1. The molecule has 0 N–H and O–H groups in total. The van der Waals surface area contributed by atoms with E-state index in [2.05, 4.69) is 66.5 Å². The van der Waals surface area contributed by atoms with Crippen molar-refractivity contribution >= 4 is 0 Å². The average Bonchev–Trinajstić information content (AvgIpc) is 2.89. The first-order valence-corrected chi connectivity index (χ1v) is 7.68. The summed E-state index contributed by atoms with van der Waals surface area (Å²) in [6.07, 6.45) is 2.59. The second kappa shape index (κ2) is 4.75. The summed E-state index contributed by atoms with van der Waals surface area (Å²) in [5.41, 5.74) is 4.64. The fourth-order valence-corrected chi connectivity index (χ4v) is 4.25. The van der Waals surface area contributed by atoms with Crippen LogP contribution in [0.1, 0.15) is 41.4 Å². The maximum absolute atomic E-state index is 2.57. The molecule has 1 saturated heterocycles. The Balaban J connectivity index is 1.83. The van der Waals surface area contributed by atoms with Crippen molar-refractivity contribution in [2.45, 2.75) is 30.7 Å². The molecule has 3 atom stereocenters.